The summed E-state index contributed by atoms with van der Waals surface area (Å²) in [5.74, 6) is -0.950. The standard InChI is InChI=1S/C15H12Cl3N3O3/c16-8-3-4-10(9(17)6-8)21-14(22)13(18)12(7-19-21)20-5-1-2-11(20)15(23)24/h3-4,6-7,11H,1-2,5H2,(H,23,24)/t11-/m0/s1. The number of nitrogens with zero attached hydrogens (tertiary/aromatic N) is 3. The van der Waals surface area contributed by atoms with Crippen LogP contribution >= 0.6 is 34.8 Å². The van der Waals surface area contributed by atoms with Gasteiger partial charge in [0.05, 0.1) is 22.6 Å². The number of halogens is 3. The average Bonchev–Trinajstić information content (AvgIpc) is 3.00. The van der Waals surface area contributed by atoms with Crippen molar-refractivity contribution in [2.75, 3.05) is 11.4 Å². The Bertz CT molecular complexity index is 869. The van der Waals surface area contributed by atoms with E-state index in [1.807, 2.05) is 0 Å². The number of carbonyl (C=O) groups is 1. The number of carboxylic acid groups (broad SMARTS) is 1. The van der Waals surface area contributed by atoms with Gasteiger partial charge in [-0.05, 0) is 31.0 Å². The van der Waals surface area contributed by atoms with Crippen LogP contribution in [0.4, 0.5) is 5.69 Å². The number of aliphatic carboxylic acids is 1. The summed E-state index contributed by atoms with van der Waals surface area (Å²) in [7, 11) is 0. The van der Waals surface area contributed by atoms with Crippen LogP contribution in [0.15, 0.2) is 29.2 Å². The number of rotatable bonds is 3. The van der Waals surface area contributed by atoms with Crippen molar-refractivity contribution in [2.45, 2.75) is 18.9 Å². The zero-order chi connectivity index (χ0) is 17.4. The maximum atomic E-state index is 12.6. The largest absolute Gasteiger partial charge is 0.480 e. The third-order valence-corrected chi connectivity index (χ3v) is 4.78. The minimum absolute atomic E-state index is 0.0934. The molecule has 0 amide bonds. The van der Waals surface area contributed by atoms with Gasteiger partial charge in [0.15, 0.2) is 0 Å². The first-order valence-electron chi connectivity index (χ1n) is 7.13. The molecule has 9 heteroatoms. The molecular formula is C15H12Cl3N3O3. The van der Waals surface area contributed by atoms with Crippen LogP contribution in [-0.2, 0) is 4.79 Å². The number of aromatic nitrogens is 2. The van der Waals surface area contributed by atoms with Gasteiger partial charge in [-0.15, -0.1) is 0 Å². The molecule has 1 aromatic heterocycles. The van der Waals surface area contributed by atoms with Crippen molar-refractivity contribution < 1.29 is 9.90 Å². The maximum Gasteiger partial charge on any atom is 0.326 e. The SMILES string of the molecule is O=C(O)[C@@H]1CCCN1c1cnn(-c2ccc(Cl)cc2Cl)c(=O)c1Cl. The lowest BCUT2D eigenvalue weighted by Crippen LogP contribution is -2.37. The Kier molecular flexibility index (Phi) is 4.71. The van der Waals surface area contributed by atoms with Gasteiger partial charge in [0.2, 0.25) is 0 Å². The van der Waals surface area contributed by atoms with Crippen LogP contribution < -0.4 is 10.5 Å². The normalized spacial score (nSPS) is 17.3. The second-order valence-corrected chi connectivity index (χ2v) is 6.57. The predicted octanol–water partition coefficient (Wildman–Crippen LogP) is 3.25. The molecule has 0 aliphatic carbocycles. The second-order valence-electron chi connectivity index (χ2n) is 5.35. The van der Waals surface area contributed by atoms with Gasteiger partial charge in [-0.25, -0.2) is 4.79 Å². The number of carboxylic acids is 1. The first-order chi connectivity index (χ1) is 11.4. The Morgan fingerprint density at radius 2 is 2.00 bits per heavy atom. The Morgan fingerprint density at radius 3 is 2.67 bits per heavy atom. The minimum Gasteiger partial charge on any atom is -0.480 e. The molecule has 3 rings (SSSR count). The van der Waals surface area contributed by atoms with Crippen LogP contribution in [0, 0.1) is 0 Å². The van der Waals surface area contributed by atoms with E-state index in [4.69, 9.17) is 34.8 Å². The molecule has 2 heterocycles. The van der Waals surface area contributed by atoms with Crippen LogP contribution in [0.1, 0.15) is 12.8 Å². The third kappa shape index (κ3) is 2.97. The van der Waals surface area contributed by atoms with Crippen molar-refractivity contribution >= 4 is 46.5 Å². The van der Waals surface area contributed by atoms with Gasteiger partial charge >= 0.3 is 5.97 Å². The summed E-state index contributed by atoms with van der Waals surface area (Å²) in [6, 6.07) is 3.93. The molecule has 1 atom stereocenters. The molecule has 126 valence electrons. The zero-order valence-electron chi connectivity index (χ0n) is 12.2. The van der Waals surface area contributed by atoms with Crippen molar-refractivity contribution in [3.8, 4) is 5.69 Å². The number of benzene rings is 1. The molecule has 1 aromatic carbocycles. The quantitative estimate of drug-likeness (QED) is 0.873. The summed E-state index contributed by atoms with van der Waals surface area (Å²) in [5.41, 5.74) is 0.0815. The van der Waals surface area contributed by atoms with Crippen LogP contribution in [0.25, 0.3) is 5.69 Å². The molecule has 1 saturated heterocycles. The predicted molar refractivity (Wildman–Crippen MR) is 92.9 cm³/mol. The topological polar surface area (TPSA) is 75.4 Å². The molecule has 0 spiro atoms. The van der Waals surface area contributed by atoms with Crippen molar-refractivity contribution in [3.63, 3.8) is 0 Å². The van der Waals surface area contributed by atoms with Gasteiger partial charge in [0, 0.05) is 11.6 Å². The first-order valence-corrected chi connectivity index (χ1v) is 8.26. The molecule has 1 N–H and O–H groups in total. The van der Waals surface area contributed by atoms with Crippen molar-refractivity contribution in [1.29, 1.82) is 0 Å². The highest BCUT2D eigenvalue weighted by atomic mass is 35.5. The minimum atomic E-state index is -0.950. The lowest BCUT2D eigenvalue weighted by atomic mass is 10.2. The monoisotopic (exact) mass is 387 g/mol. The zero-order valence-corrected chi connectivity index (χ0v) is 14.5. The Morgan fingerprint density at radius 1 is 1.25 bits per heavy atom. The van der Waals surface area contributed by atoms with Crippen LogP contribution in [0.3, 0.4) is 0 Å². The summed E-state index contributed by atoms with van der Waals surface area (Å²) in [6.07, 6.45) is 2.59. The van der Waals surface area contributed by atoms with E-state index in [9.17, 15) is 14.7 Å². The van der Waals surface area contributed by atoms with Crippen molar-refractivity contribution in [1.82, 2.24) is 9.78 Å². The summed E-state index contributed by atoms with van der Waals surface area (Å²) in [6.45, 7) is 0.503. The van der Waals surface area contributed by atoms with Crippen LogP contribution in [0.5, 0.6) is 0 Å². The third-order valence-electron chi connectivity index (χ3n) is 3.89. The molecule has 1 aliphatic heterocycles. The fourth-order valence-electron chi connectivity index (χ4n) is 2.76. The lowest BCUT2D eigenvalue weighted by molar-refractivity contribution is -0.138. The fraction of sp³-hybridized carbons (Fsp3) is 0.267. The molecule has 24 heavy (non-hydrogen) atoms. The summed E-state index contributed by atoms with van der Waals surface area (Å²) in [5, 5.41) is 14.0. The lowest BCUT2D eigenvalue weighted by Gasteiger charge is -2.24. The van der Waals surface area contributed by atoms with E-state index in [-0.39, 0.29) is 10.0 Å². The van der Waals surface area contributed by atoms with E-state index in [2.05, 4.69) is 5.10 Å². The molecule has 2 aromatic rings. The van der Waals surface area contributed by atoms with Gasteiger partial charge in [0.25, 0.3) is 5.56 Å². The number of hydrogen-bond donors (Lipinski definition) is 1. The summed E-state index contributed by atoms with van der Waals surface area (Å²) < 4.78 is 1.07. The van der Waals surface area contributed by atoms with E-state index < -0.39 is 17.6 Å². The average molecular weight is 389 g/mol. The summed E-state index contributed by atoms with van der Waals surface area (Å²) >= 11 is 18.2. The highest BCUT2D eigenvalue weighted by Gasteiger charge is 2.32. The van der Waals surface area contributed by atoms with Crippen LogP contribution in [-0.4, -0.2) is 33.4 Å². The van der Waals surface area contributed by atoms with Gasteiger partial charge in [-0.2, -0.15) is 9.78 Å². The van der Waals surface area contributed by atoms with E-state index in [0.717, 1.165) is 4.68 Å². The van der Waals surface area contributed by atoms with Gasteiger partial charge in [-0.1, -0.05) is 34.8 Å². The number of hydrogen-bond acceptors (Lipinski definition) is 4. The Labute approximate surface area is 152 Å². The fourth-order valence-corrected chi connectivity index (χ4v) is 3.49. The van der Waals surface area contributed by atoms with E-state index in [1.54, 1.807) is 17.0 Å². The first kappa shape index (κ1) is 17.1. The summed E-state index contributed by atoms with van der Waals surface area (Å²) in [4.78, 5) is 25.5. The second kappa shape index (κ2) is 6.63. The van der Waals surface area contributed by atoms with E-state index >= 15 is 0 Å². The number of anilines is 1. The van der Waals surface area contributed by atoms with E-state index in [1.165, 1.54) is 12.3 Å². The maximum absolute atomic E-state index is 12.6. The van der Waals surface area contributed by atoms with E-state index in [0.29, 0.717) is 35.8 Å². The van der Waals surface area contributed by atoms with Gasteiger partial charge in [0.1, 0.15) is 11.1 Å². The molecule has 6 nitrogen and oxygen atoms in total. The molecule has 0 radical (unpaired) electrons. The molecule has 0 unspecified atom stereocenters. The molecule has 0 saturated carbocycles. The molecule has 1 fully saturated rings. The molecule has 1 aliphatic rings. The van der Waals surface area contributed by atoms with Crippen molar-refractivity contribution in [3.05, 3.63) is 49.8 Å². The smallest absolute Gasteiger partial charge is 0.326 e. The molecular weight excluding hydrogens is 377 g/mol. The highest BCUT2D eigenvalue weighted by Crippen LogP contribution is 2.30. The van der Waals surface area contributed by atoms with Gasteiger partial charge < -0.3 is 10.0 Å². The Hall–Kier alpha value is -1.76. The molecule has 0 bridgehead atoms. The van der Waals surface area contributed by atoms with Gasteiger partial charge in [-0.3, -0.25) is 4.79 Å². The van der Waals surface area contributed by atoms with Crippen molar-refractivity contribution in [2.24, 2.45) is 0 Å². The highest BCUT2D eigenvalue weighted by molar-refractivity contribution is 6.36. The van der Waals surface area contributed by atoms with Crippen LogP contribution in [0.2, 0.25) is 15.1 Å². The Balaban J connectivity index is 2.07.